The summed E-state index contributed by atoms with van der Waals surface area (Å²) < 4.78 is 0.901. The van der Waals surface area contributed by atoms with E-state index in [0.717, 1.165) is 0 Å². The van der Waals surface area contributed by atoms with Gasteiger partial charge in [0.05, 0.1) is 0 Å². The Morgan fingerprint density at radius 3 is 1.13 bits per heavy atom. The minimum Gasteiger partial charge on any atom is -0.480 e. The van der Waals surface area contributed by atoms with Crippen LogP contribution in [0.15, 0.2) is 0 Å². The molecule has 0 saturated carbocycles. The van der Waals surface area contributed by atoms with Gasteiger partial charge in [-0.05, 0) is 0 Å². The van der Waals surface area contributed by atoms with Crippen molar-refractivity contribution in [1.82, 2.24) is 0 Å². The Labute approximate surface area is 155 Å². The van der Waals surface area contributed by atoms with Crippen LogP contribution < -0.4 is 0 Å². The minimum atomic E-state index is -0.727. The number of carboxylic acids is 2. The normalized spacial score (nSPS) is 12.5. The van der Waals surface area contributed by atoms with Crippen LogP contribution in [0.2, 0.25) is 0 Å². The molecule has 2 unspecified atom stereocenters. The van der Waals surface area contributed by atoms with Crippen LogP contribution >= 0.6 is 90.4 Å². The van der Waals surface area contributed by atoms with Gasteiger partial charge in [0.25, 0.3) is 0 Å². The first-order valence-corrected chi connectivity index (χ1v) is 8.76. The molecule has 0 rings (SSSR count). The molecule has 0 bridgehead atoms. The first-order chi connectivity index (χ1) is 6.36. The van der Waals surface area contributed by atoms with Gasteiger partial charge in [0.15, 0.2) is 0 Å². The quantitative estimate of drug-likeness (QED) is 0.267. The molecule has 0 aromatic rings. The van der Waals surface area contributed by atoms with Gasteiger partial charge in [-0.25, -0.2) is 0 Å². The van der Waals surface area contributed by atoms with Gasteiger partial charge >= 0.3 is 11.9 Å². The molecule has 0 aliphatic rings. The van der Waals surface area contributed by atoms with Crippen molar-refractivity contribution in [2.45, 2.75) is 7.85 Å². The molecule has 15 heavy (non-hydrogen) atoms. The number of hydrogen-bond donors (Lipinski definition) is 2. The Hall–Kier alpha value is 2.48. The summed E-state index contributed by atoms with van der Waals surface area (Å²) in [7, 11) is 0. The molecule has 86 valence electrons. The van der Waals surface area contributed by atoms with E-state index >= 15 is 0 Å². The number of aliphatic carboxylic acids is 2. The summed E-state index contributed by atoms with van der Waals surface area (Å²) in [6.45, 7) is 0. The Morgan fingerprint density at radius 2 is 1.13 bits per heavy atom. The van der Waals surface area contributed by atoms with Crippen molar-refractivity contribution >= 4 is 102 Å². The summed E-state index contributed by atoms with van der Waals surface area (Å²) >= 11 is 7.86. The van der Waals surface area contributed by atoms with Crippen LogP contribution in [0.1, 0.15) is 0 Å². The first-order valence-electron chi connectivity index (χ1n) is 3.22. The second kappa shape index (κ2) is 14.5. The molecule has 0 aliphatic heterocycles. The molecule has 2 N–H and O–H groups in total. The molecular formula is C6H8I4O4Zn. The number of alkyl halides is 4. The van der Waals surface area contributed by atoms with E-state index in [0.29, 0.717) is 8.86 Å². The molecule has 0 fully saturated rings. The number of halogens is 4. The average Bonchev–Trinajstić information content (AvgIpc) is 2.15. The number of hydrogen-bond acceptors (Lipinski definition) is 2. The Bertz CT molecular complexity index is 172. The Balaban J connectivity index is -0.000000180. The largest absolute Gasteiger partial charge is 0.480 e. The van der Waals surface area contributed by atoms with Gasteiger partial charge in [0.2, 0.25) is 0 Å². The molecule has 0 amide bonds. The van der Waals surface area contributed by atoms with Crippen molar-refractivity contribution in [3.05, 3.63) is 0 Å². The van der Waals surface area contributed by atoms with Gasteiger partial charge < -0.3 is 10.2 Å². The van der Waals surface area contributed by atoms with Gasteiger partial charge in [-0.2, -0.15) is 0 Å². The first kappa shape index (κ1) is 22.6. The summed E-state index contributed by atoms with van der Waals surface area (Å²) in [5, 5.41) is 16.3. The predicted octanol–water partition coefficient (Wildman–Crippen LogP) is 2.62. The van der Waals surface area contributed by atoms with E-state index in [4.69, 9.17) is 10.2 Å². The molecule has 0 aromatic heterocycles. The summed E-state index contributed by atoms with van der Waals surface area (Å²) in [6, 6.07) is 0. The van der Waals surface area contributed by atoms with Gasteiger partial charge in [-0.3, -0.25) is 9.59 Å². The van der Waals surface area contributed by atoms with Crippen molar-refractivity contribution in [1.29, 1.82) is 0 Å². The zero-order valence-electron chi connectivity index (χ0n) is 7.50. The maximum atomic E-state index is 9.92. The minimum absolute atomic E-state index is 0. The molecule has 0 heterocycles. The number of rotatable bonds is 4. The van der Waals surface area contributed by atoms with E-state index in [1.165, 1.54) is 0 Å². The maximum absolute atomic E-state index is 9.92. The van der Waals surface area contributed by atoms with Crippen molar-refractivity contribution < 1.29 is 39.3 Å². The van der Waals surface area contributed by atoms with Crippen LogP contribution in [0, 0.1) is 0 Å². The predicted molar refractivity (Wildman–Crippen MR) is 88.7 cm³/mol. The van der Waals surface area contributed by atoms with Crippen molar-refractivity contribution in [2.24, 2.45) is 0 Å². The summed E-state index contributed by atoms with van der Waals surface area (Å²) in [6.07, 6.45) is 0. The summed E-state index contributed by atoms with van der Waals surface area (Å²) in [5.74, 6) is -1.45. The van der Waals surface area contributed by atoms with Gasteiger partial charge in [-0.1, -0.05) is 90.4 Å². The fourth-order valence-electron chi connectivity index (χ4n) is 0.132. The second-order valence-electron chi connectivity index (χ2n) is 1.92. The van der Waals surface area contributed by atoms with E-state index in [9.17, 15) is 9.59 Å². The van der Waals surface area contributed by atoms with Crippen molar-refractivity contribution in [3.8, 4) is 0 Å². The van der Waals surface area contributed by atoms with E-state index in [1.54, 1.807) is 0 Å². The Kier molecular flexibility index (Phi) is 22.0. The van der Waals surface area contributed by atoms with Gasteiger partial charge in [-0.15, -0.1) is 0 Å². The third-order valence-electron chi connectivity index (χ3n) is 0.807. The zero-order valence-corrected chi connectivity index (χ0v) is 19.1. The van der Waals surface area contributed by atoms with Crippen LogP contribution in [-0.4, -0.2) is 38.9 Å². The standard InChI is InChI=1S/2C3H4I2O2.Zn/c2*4-1-2(5)3(6)7;/h2*2H,1H2,(H,6,7);. The molecule has 0 aromatic carbocycles. The van der Waals surface area contributed by atoms with Crippen LogP contribution in [0.5, 0.6) is 0 Å². The van der Waals surface area contributed by atoms with E-state index < -0.39 is 11.9 Å². The second-order valence-corrected chi connectivity index (χ2v) is 6.69. The van der Waals surface area contributed by atoms with E-state index in [-0.39, 0.29) is 27.3 Å². The average molecular weight is 717 g/mol. The number of carboxylic acid groups (broad SMARTS) is 2. The monoisotopic (exact) mass is 716 g/mol. The van der Waals surface area contributed by atoms with Crippen LogP contribution in [0.4, 0.5) is 0 Å². The molecule has 4 nitrogen and oxygen atoms in total. The molecule has 0 aliphatic carbocycles. The molecule has 2 atom stereocenters. The van der Waals surface area contributed by atoms with Crippen LogP contribution in [-0.2, 0) is 29.1 Å². The fourth-order valence-corrected chi connectivity index (χ4v) is 0.885. The SMILES string of the molecule is O=C(O)C(I)CI.O=C(O)C(I)CI.[Zn]. The third kappa shape index (κ3) is 16.5. The van der Waals surface area contributed by atoms with Gasteiger partial charge in [0.1, 0.15) is 7.85 Å². The van der Waals surface area contributed by atoms with Crippen LogP contribution in [0.3, 0.4) is 0 Å². The fraction of sp³-hybridized carbons (Fsp3) is 0.667. The summed E-state index contributed by atoms with van der Waals surface area (Å²) in [4.78, 5) is 19.8. The zero-order chi connectivity index (χ0) is 11.7. The molecule has 0 saturated heterocycles. The van der Waals surface area contributed by atoms with Gasteiger partial charge in [0, 0.05) is 28.3 Å². The number of carbonyl (C=O) groups is 2. The smallest absolute Gasteiger partial charge is 0.317 e. The third-order valence-corrected chi connectivity index (χ3v) is 7.89. The maximum Gasteiger partial charge on any atom is 0.317 e. The van der Waals surface area contributed by atoms with Crippen molar-refractivity contribution in [2.75, 3.05) is 8.86 Å². The summed E-state index contributed by atoms with van der Waals surface area (Å²) in [5.41, 5.74) is 0. The van der Waals surface area contributed by atoms with E-state index in [1.807, 2.05) is 90.4 Å². The Morgan fingerprint density at radius 1 is 0.933 bits per heavy atom. The topological polar surface area (TPSA) is 74.6 Å². The molecule has 9 heteroatoms. The molecular weight excluding hydrogens is 709 g/mol. The molecule has 0 radical (unpaired) electrons. The molecule has 0 spiro atoms. The van der Waals surface area contributed by atoms with Crippen molar-refractivity contribution in [3.63, 3.8) is 0 Å². The van der Waals surface area contributed by atoms with E-state index in [2.05, 4.69) is 0 Å². The van der Waals surface area contributed by atoms with Crippen LogP contribution in [0.25, 0.3) is 0 Å².